The molecule has 5 rings (SSSR count). The Kier molecular flexibility index (Phi) is 11.9. The van der Waals surface area contributed by atoms with Crippen LogP contribution in [0.25, 0.3) is 0 Å². The third kappa shape index (κ3) is 8.74. The maximum Gasteiger partial charge on any atom is 0.326 e. The van der Waals surface area contributed by atoms with Crippen LogP contribution in [-0.2, 0) is 15.1 Å². The lowest BCUT2D eigenvalue weighted by Crippen LogP contribution is -2.55. The summed E-state index contributed by atoms with van der Waals surface area (Å²) in [4.78, 5) is 38.6. The minimum Gasteiger partial charge on any atom is -0.493 e. The van der Waals surface area contributed by atoms with Crippen LogP contribution >= 0.6 is 23.2 Å². The van der Waals surface area contributed by atoms with Crippen molar-refractivity contribution in [3.8, 4) is 5.75 Å². The van der Waals surface area contributed by atoms with Crippen molar-refractivity contribution in [3.05, 3.63) is 99.0 Å². The summed E-state index contributed by atoms with van der Waals surface area (Å²) in [5, 5.41) is 4.17. The van der Waals surface area contributed by atoms with E-state index in [1.807, 2.05) is 99.3 Å². The Morgan fingerprint density at radius 3 is 2.16 bits per heavy atom. The van der Waals surface area contributed by atoms with Gasteiger partial charge in [-0.3, -0.25) is 19.6 Å². The fourth-order valence-electron chi connectivity index (χ4n) is 6.31. The van der Waals surface area contributed by atoms with Crippen molar-refractivity contribution in [2.75, 3.05) is 53.0 Å². The van der Waals surface area contributed by atoms with Gasteiger partial charge in [0, 0.05) is 54.9 Å². The second-order valence-corrected chi connectivity index (χ2v) is 14.0. The van der Waals surface area contributed by atoms with E-state index in [1.54, 1.807) is 12.0 Å². The van der Waals surface area contributed by atoms with Gasteiger partial charge in [-0.05, 0) is 80.8 Å². The number of hydrogen-bond acceptors (Lipinski definition) is 7. The molecule has 3 atom stereocenters. The van der Waals surface area contributed by atoms with E-state index in [4.69, 9.17) is 43.4 Å². The highest BCUT2D eigenvalue weighted by Gasteiger charge is 2.45. The predicted molar refractivity (Wildman–Crippen MR) is 194 cm³/mol. The van der Waals surface area contributed by atoms with Gasteiger partial charge in [0.05, 0.1) is 31.4 Å². The first-order valence-corrected chi connectivity index (χ1v) is 17.4. The minimum absolute atomic E-state index is 0.0712. The largest absolute Gasteiger partial charge is 0.493 e. The molecular weight excluding hydrogens is 663 g/mol. The molecule has 49 heavy (non-hydrogen) atoms. The first kappa shape index (κ1) is 36.6. The molecule has 1 fully saturated rings. The maximum absolute atomic E-state index is 14.9. The van der Waals surface area contributed by atoms with E-state index in [9.17, 15) is 9.59 Å². The SMILES string of the molecule is CCOc1ccc(C(C)(C)N)cc1C1=N[C@@H](c2ccc(Cl)cc2)[C@@H](c2ccc(Cl)cc2)N1C(=O)N1CCN(CC(=O)NC(C)COC)CC1. The summed E-state index contributed by atoms with van der Waals surface area (Å²) >= 11 is 12.7. The number of benzene rings is 3. The molecule has 0 bridgehead atoms. The molecule has 2 aliphatic heterocycles. The van der Waals surface area contributed by atoms with Gasteiger partial charge in [0.1, 0.15) is 17.6 Å². The van der Waals surface area contributed by atoms with Gasteiger partial charge in [-0.1, -0.05) is 53.5 Å². The summed E-state index contributed by atoms with van der Waals surface area (Å²) in [5.41, 5.74) is 9.28. The second-order valence-electron chi connectivity index (χ2n) is 13.2. The molecule has 3 amide bonds. The summed E-state index contributed by atoms with van der Waals surface area (Å²) in [6.07, 6.45) is 0. The number of halogens is 2. The van der Waals surface area contributed by atoms with Crippen LogP contribution in [0, 0.1) is 0 Å². The molecule has 262 valence electrons. The quantitative estimate of drug-likeness (QED) is 0.252. The fourth-order valence-corrected chi connectivity index (χ4v) is 6.56. The van der Waals surface area contributed by atoms with Crippen molar-refractivity contribution in [2.45, 2.75) is 51.4 Å². The molecular formula is C37H46Cl2N6O4. The number of carbonyl (C=O) groups is 2. The topological polar surface area (TPSA) is 113 Å². The smallest absolute Gasteiger partial charge is 0.326 e. The fraction of sp³-hybridized carbons (Fsp3) is 0.432. The van der Waals surface area contributed by atoms with E-state index in [0.717, 1.165) is 16.7 Å². The van der Waals surface area contributed by atoms with Crippen molar-refractivity contribution in [2.24, 2.45) is 10.7 Å². The molecule has 3 aromatic carbocycles. The number of nitrogens with two attached hydrogens (primary N) is 1. The number of amidine groups is 1. The highest BCUT2D eigenvalue weighted by Crippen LogP contribution is 2.46. The number of nitrogens with one attached hydrogen (secondary N) is 1. The number of piperazine rings is 1. The van der Waals surface area contributed by atoms with Crippen molar-refractivity contribution < 1.29 is 19.1 Å². The number of aliphatic imine (C=N–C) groups is 1. The van der Waals surface area contributed by atoms with Crippen LogP contribution in [0.1, 0.15) is 62.0 Å². The van der Waals surface area contributed by atoms with E-state index in [-0.39, 0.29) is 24.5 Å². The van der Waals surface area contributed by atoms with Gasteiger partial charge in [0.15, 0.2) is 0 Å². The number of hydrogen-bond donors (Lipinski definition) is 2. The number of methoxy groups -OCH3 is 1. The number of carbonyl (C=O) groups excluding carboxylic acids is 2. The summed E-state index contributed by atoms with van der Waals surface area (Å²) in [7, 11) is 1.61. The summed E-state index contributed by atoms with van der Waals surface area (Å²) in [6.45, 7) is 10.8. The summed E-state index contributed by atoms with van der Waals surface area (Å²) in [5.74, 6) is 1.03. The zero-order valence-corrected chi connectivity index (χ0v) is 30.3. The van der Waals surface area contributed by atoms with Crippen molar-refractivity contribution in [1.82, 2.24) is 20.0 Å². The average molecular weight is 710 g/mol. The lowest BCUT2D eigenvalue weighted by molar-refractivity contribution is -0.123. The minimum atomic E-state index is -0.650. The molecule has 0 radical (unpaired) electrons. The Balaban J connectivity index is 1.54. The van der Waals surface area contributed by atoms with E-state index >= 15 is 0 Å². The van der Waals surface area contributed by atoms with Gasteiger partial charge < -0.3 is 25.4 Å². The standard InChI is InChI=1S/C37H46Cl2N6O4/c1-6-49-31-16-11-27(37(3,4)40)21-30(31)35-42-33(25-7-12-28(38)13-8-25)34(26-9-14-29(39)15-10-26)45(35)36(47)44-19-17-43(18-20-44)22-32(46)41-24(2)23-48-5/h7-16,21,24,33-34H,6,17-20,22-23,40H2,1-5H3,(H,41,46)/t24?,33-,34+/m0/s1. The van der Waals surface area contributed by atoms with Gasteiger partial charge in [-0.2, -0.15) is 0 Å². The molecule has 0 saturated carbocycles. The van der Waals surface area contributed by atoms with Crippen LogP contribution in [0.3, 0.4) is 0 Å². The van der Waals surface area contributed by atoms with E-state index in [2.05, 4.69) is 10.2 Å². The van der Waals surface area contributed by atoms with Gasteiger partial charge in [0.2, 0.25) is 5.91 Å². The lowest BCUT2D eigenvalue weighted by Gasteiger charge is -2.39. The number of nitrogens with zero attached hydrogens (tertiary/aromatic N) is 4. The molecule has 3 N–H and O–H groups in total. The van der Waals surface area contributed by atoms with E-state index in [0.29, 0.717) is 66.6 Å². The number of amides is 3. The molecule has 12 heteroatoms. The van der Waals surface area contributed by atoms with Crippen molar-refractivity contribution in [1.29, 1.82) is 0 Å². The van der Waals surface area contributed by atoms with Crippen LogP contribution in [0.4, 0.5) is 4.79 Å². The van der Waals surface area contributed by atoms with Gasteiger partial charge >= 0.3 is 6.03 Å². The van der Waals surface area contributed by atoms with Crippen molar-refractivity contribution >= 4 is 41.0 Å². The molecule has 1 unspecified atom stereocenters. The Bertz CT molecular complexity index is 1640. The second kappa shape index (κ2) is 15.9. The van der Waals surface area contributed by atoms with E-state index < -0.39 is 17.6 Å². The van der Waals surface area contributed by atoms with Crippen LogP contribution in [-0.4, -0.2) is 91.6 Å². The molecule has 2 heterocycles. The third-order valence-corrected chi connectivity index (χ3v) is 9.30. The van der Waals surface area contributed by atoms with Crippen molar-refractivity contribution in [3.63, 3.8) is 0 Å². The third-order valence-electron chi connectivity index (χ3n) is 8.79. The molecule has 1 saturated heterocycles. The summed E-state index contributed by atoms with van der Waals surface area (Å²) in [6, 6.07) is 19.7. The normalized spacial score (nSPS) is 19.1. The van der Waals surface area contributed by atoms with Gasteiger partial charge in [-0.25, -0.2) is 4.79 Å². The highest BCUT2D eigenvalue weighted by atomic mass is 35.5. The highest BCUT2D eigenvalue weighted by molar-refractivity contribution is 6.30. The number of urea groups is 1. The molecule has 2 aliphatic rings. The number of ether oxygens (including phenoxy) is 2. The molecule has 10 nitrogen and oxygen atoms in total. The van der Waals surface area contributed by atoms with E-state index in [1.165, 1.54) is 0 Å². The van der Waals surface area contributed by atoms with Gasteiger partial charge in [0.25, 0.3) is 0 Å². The molecule has 0 aromatic heterocycles. The zero-order chi connectivity index (χ0) is 35.3. The lowest BCUT2D eigenvalue weighted by atomic mass is 9.92. The monoisotopic (exact) mass is 708 g/mol. The summed E-state index contributed by atoms with van der Waals surface area (Å²) < 4.78 is 11.3. The predicted octanol–water partition coefficient (Wildman–Crippen LogP) is 6.02. The maximum atomic E-state index is 14.9. The van der Waals surface area contributed by atoms with Crippen LogP contribution in [0.5, 0.6) is 5.75 Å². The Morgan fingerprint density at radius 2 is 1.59 bits per heavy atom. The Hall–Kier alpha value is -3.67. The first-order valence-electron chi connectivity index (χ1n) is 16.6. The van der Waals surface area contributed by atoms with Crippen LogP contribution in [0.2, 0.25) is 10.0 Å². The average Bonchev–Trinajstić information content (AvgIpc) is 3.45. The van der Waals surface area contributed by atoms with Crippen LogP contribution in [0.15, 0.2) is 71.7 Å². The molecule has 0 spiro atoms. The number of rotatable bonds is 11. The molecule has 0 aliphatic carbocycles. The zero-order valence-electron chi connectivity index (χ0n) is 28.8. The van der Waals surface area contributed by atoms with Crippen LogP contribution < -0.4 is 15.8 Å². The Morgan fingerprint density at radius 1 is 0.980 bits per heavy atom. The molecule has 3 aromatic rings. The van der Waals surface area contributed by atoms with Gasteiger partial charge in [-0.15, -0.1) is 0 Å². The first-order chi connectivity index (χ1) is 23.4. The Labute approximate surface area is 299 Å².